The molecular formula is C16H19ClF6N2O. The number of hydrogen-bond acceptors (Lipinski definition) is 3. The van der Waals surface area contributed by atoms with E-state index in [1.807, 2.05) is 0 Å². The van der Waals surface area contributed by atoms with Crippen molar-refractivity contribution in [3.05, 3.63) is 41.5 Å². The number of rotatable bonds is 4. The Morgan fingerprint density at radius 2 is 1.69 bits per heavy atom. The number of halogens is 7. The van der Waals surface area contributed by atoms with Crippen LogP contribution in [0.5, 0.6) is 5.75 Å². The van der Waals surface area contributed by atoms with Crippen molar-refractivity contribution in [2.45, 2.75) is 18.4 Å². The molecule has 1 atom stereocenters. The van der Waals surface area contributed by atoms with E-state index in [0.29, 0.717) is 32.2 Å². The average molecular weight is 405 g/mol. The van der Waals surface area contributed by atoms with E-state index < -0.39 is 35.3 Å². The van der Waals surface area contributed by atoms with Crippen molar-refractivity contribution in [1.82, 2.24) is 10.2 Å². The van der Waals surface area contributed by atoms with Crippen LogP contribution in [-0.4, -0.2) is 38.2 Å². The Morgan fingerprint density at radius 3 is 2.12 bits per heavy atom. The van der Waals surface area contributed by atoms with Crippen molar-refractivity contribution in [3.8, 4) is 5.75 Å². The van der Waals surface area contributed by atoms with Crippen LogP contribution in [0.25, 0.3) is 0 Å². The molecule has 0 spiro atoms. The van der Waals surface area contributed by atoms with E-state index in [9.17, 15) is 26.3 Å². The van der Waals surface area contributed by atoms with Crippen LogP contribution in [0.15, 0.2) is 24.8 Å². The van der Waals surface area contributed by atoms with Gasteiger partial charge in [0.15, 0.2) is 0 Å². The molecule has 1 aliphatic heterocycles. The molecule has 1 heterocycles. The van der Waals surface area contributed by atoms with Crippen LogP contribution < -0.4 is 10.1 Å². The van der Waals surface area contributed by atoms with Crippen LogP contribution in [0.4, 0.5) is 26.3 Å². The molecule has 148 valence electrons. The molecule has 3 nitrogen and oxygen atoms in total. The van der Waals surface area contributed by atoms with Crippen molar-refractivity contribution in [1.29, 1.82) is 0 Å². The lowest BCUT2D eigenvalue weighted by Gasteiger charge is -2.35. The van der Waals surface area contributed by atoms with Crippen molar-refractivity contribution in [3.63, 3.8) is 0 Å². The highest BCUT2D eigenvalue weighted by atomic mass is 35.5. The summed E-state index contributed by atoms with van der Waals surface area (Å²) < 4.78 is 84.4. The highest BCUT2D eigenvalue weighted by Gasteiger charge is 2.42. The second kappa shape index (κ2) is 8.49. The Labute approximate surface area is 153 Å². The molecule has 0 unspecified atom stereocenters. The third-order valence-electron chi connectivity index (χ3n) is 4.06. The summed E-state index contributed by atoms with van der Waals surface area (Å²) in [5.74, 6) is -0.453. The summed E-state index contributed by atoms with van der Waals surface area (Å²) in [7, 11) is 1.05. The molecule has 0 bridgehead atoms. The van der Waals surface area contributed by atoms with Crippen molar-refractivity contribution in [2.75, 3.05) is 33.3 Å². The van der Waals surface area contributed by atoms with Gasteiger partial charge in [-0.3, -0.25) is 4.90 Å². The normalized spacial score (nSPS) is 17.3. The molecule has 10 heteroatoms. The van der Waals surface area contributed by atoms with Gasteiger partial charge in [0.05, 0.1) is 24.3 Å². The number of hydrogen-bond donors (Lipinski definition) is 1. The average Bonchev–Trinajstić information content (AvgIpc) is 2.54. The fourth-order valence-corrected chi connectivity index (χ4v) is 2.91. The first kappa shape index (κ1) is 22.6. The molecule has 1 aromatic carbocycles. The minimum atomic E-state index is -4.96. The number of nitrogens with zero attached hydrogens (tertiary/aromatic N) is 1. The van der Waals surface area contributed by atoms with Gasteiger partial charge < -0.3 is 10.1 Å². The zero-order valence-corrected chi connectivity index (χ0v) is 14.7. The van der Waals surface area contributed by atoms with Gasteiger partial charge in [0, 0.05) is 31.7 Å². The Bertz CT molecular complexity index is 626. The van der Waals surface area contributed by atoms with E-state index in [-0.39, 0.29) is 24.0 Å². The second-order valence-corrected chi connectivity index (χ2v) is 5.60. The van der Waals surface area contributed by atoms with Crippen LogP contribution in [0, 0.1) is 0 Å². The summed E-state index contributed by atoms with van der Waals surface area (Å²) in [5, 5.41) is 3.07. The van der Waals surface area contributed by atoms with Crippen molar-refractivity contribution < 1.29 is 31.1 Å². The van der Waals surface area contributed by atoms with Gasteiger partial charge in [-0.2, -0.15) is 26.3 Å². The number of alkyl halides is 6. The molecule has 26 heavy (non-hydrogen) atoms. The van der Waals surface area contributed by atoms with Gasteiger partial charge in [-0.15, -0.1) is 19.0 Å². The van der Waals surface area contributed by atoms with Crippen LogP contribution in [0.2, 0.25) is 0 Å². The Hall–Kier alpha value is -1.45. The maximum absolute atomic E-state index is 13.5. The fraction of sp³-hybridized carbons (Fsp3) is 0.500. The van der Waals surface area contributed by atoms with Gasteiger partial charge in [0.25, 0.3) is 0 Å². The van der Waals surface area contributed by atoms with E-state index >= 15 is 0 Å². The van der Waals surface area contributed by atoms with Crippen LogP contribution in [0.1, 0.15) is 22.7 Å². The number of methoxy groups -OCH3 is 1. The lowest BCUT2D eigenvalue weighted by atomic mass is 9.94. The van der Waals surface area contributed by atoms with Gasteiger partial charge in [0.1, 0.15) is 5.75 Å². The van der Waals surface area contributed by atoms with Gasteiger partial charge in [0.2, 0.25) is 0 Å². The first-order valence-electron chi connectivity index (χ1n) is 7.53. The molecule has 0 radical (unpaired) electrons. The van der Waals surface area contributed by atoms with Crippen molar-refractivity contribution in [2.24, 2.45) is 0 Å². The molecule has 1 saturated heterocycles. The zero-order valence-electron chi connectivity index (χ0n) is 13.9. The predicted octanol–water partition coefficient (Wildman–Crippen LogP) is 4.29. The van der Waals surface area contributed by atoms with Crippen LogP contribution >= 0.6 is 12.4 Å². The lowest BCUT2D eigenvalue weighted by molar-refractivity contribution is -0.144. The predicted molar refractivity (Wildman–Crippen MR) is 87.6 cm³/mol. The molecule has 0 saturated carbocycles. The summed E-state index contributed by atoms with van der Waals surface area (Å²) in [5.41, 5.74) is -3.11. The van der Waals surface area contributed by atoms with Crippen LogP contribution in [-0.2, 0) is 12.4 Å². The smallest absolute Gasteiger partial charge is 0.416 e. The maximum atomic E-state index is 13.5. The van der Waals surface area contributed by atoms with Gasteiger partial charge in [-0.1, -0.05) is 6.08 Å². The third kappa shape index (κ3) is 4.83. The van der Waals surface area contributed by atoms with E-state index in [4.69, 9.17) is 4.74 Å². The lowest BCUT2D eigenvalue weighted by Crippen LogP contribution is -2.45. The Kier molecular flexibility index (Phi) is 7.38. The van der Waals surface area contributed by atoms with E-state index in [1.165, 1.54) is 6.08 Å². The Balaban J connectivity index is 0.00000338. The van der Waals surface area contributed by atoms with Gasteiger partial charge in [-0.05, 0) is 12.1 Å². The monoisotopic (exact) mass is 404 g/mol. The quantitative estimate of drug-likeness (QED) is 0.598. The fourth-order valence-electron chi connectivity index (χ4n) is 2.91. The second-order valence-electron chi connectivity index (χ2n) is 5.60. The zero-order chi connectivity index (χ0) is 18.8. The number of piperazine rings is 1. The highest BCUT2D eigenvalue weighted by Crippen LogP contribution is 2.45. The molecule has 1 N–H and O–H groups in total. The minimum absolute atomic E-state index is 0. The number of benzene rings is 1. The molecular weight excluding hydrogens is 386 g/mol. The first-order valence-corrected chi connectivity index (χ1v) is 7.53. The summed E-state index contributed by atoms with van der Waals surface area (Å²) >= 11 is 0. The highest BCUT2D eigenvalue weighted by molar-refractivity contribution is 5.85. The van der Waals surface area contributed by atoms with E-state index in [1.54, 1.807) is 4.90 Å². The van der Waals surface area contributed by atoms with Gasteiger partial charge in [-0.25, -0.2) is 0 Å². The number of nitrogens with one attached hydrogen (secondary N) is 1. The van der Waals surface area contributed by atoms with Gasteiger partial charge >= 0.3 is 12.4 Å². The number of ether oxygens (including phenoxy) is 1. The molecule has 2 rings (SSSR count). The maximum Gasteiger partial charge on any atom is 0.416 e. The topological polar surface area (TPSA) is 24.5 Å². The molecule has 0 aliphatic carbocycles. The molecule has 0 amide bonds. The van der Waals surface area contributed by atoms with Crippen LogP contribution in [0.3, 0.4) is 0 Å². The minimum Gasteiger partial charge on any atom is -0.496 e. The third-order valence-corrected chi connectivity index (χ3v) is 4.06. The summed E-state index contributed by atoms with van der Waals surface area (Å²) in [6.45, 7) is 5.59. The summed E-state index contributed by atoms with van der Waals surface area (Å²) in [4.78, 5) is 1.73. The largest absolute Gasteiger partial charge is 0.496 e. The molecule has 1 fully saturated rings. The molecule has 1 aliphatic rings. The summed E-state index contributed by atoms with van der Waals surface area (Å²) in [6.07, 6.45) is -8.57. The first-order chi connectivity index (χ1) is 11.6. The van der Waals surface area contributed by atoms with E-state index in [2.05, 4.69) is 11.9 Å². The summed E-state index contributed by atoms with van der Waals surface area (Å²) in [6, 6.07) is -0.171. The molecule has 1 aromatic rings. The molecule has 0 aromatic heterocycles. The van der Waals surface area contributed by atoms with Crippen molar-refractivity contribution >= 4 is 12.4 Å². The van der Waals surface area contributed by atoms with E-state index in [0.717, 1.165) is 7.11 Å². The Morgan fingerprint density at radius 1 is 1.12 bits per heavy atom. The standard InChI is InChI=1S/C16H18F6N2O.ClH/c1-3-12(24-6-4-23-5-7-24)14-11(16(20,21)22)8-10(15(17,18)19)9-13(14)25-2;/h3,8-9,12,23H,1,4-7H2,2H3;1H/t12-;/m0./s1. The SMILES string of the molecule is C=C[C@@H](c1c(OC)cc(C(F)(F)F)cc1C(F)(F)F)N1CCNCC1.Cl.